The molecule has 0 aromatic heterocycles. The minimum Gasteiger partial charge on any atom is -0.309 e. The van der Waals surface area contributed by atoms with Crippen molar-refractivity contribution in [3.8, 4) is 0 Å². The van der Waals surface area contributed by atoms with E-state index in [1.54, 1.807) is 0 Å². The zero-order chi connectivity index (χ0) is 16.7. The van der Waals surface area contributed by atoms with Crippen LogP contribution in [0, 0.1) is 27.7 Å². The van der Waals surface area contributed by atoms with Gasteiger partial charge in [0.1, 0.15) is 5.82 Å². The van der Waals surface area contributed by atoms with Gasteiger partial charge in [-0.25, -0.2) is 17.9 Å². The number of nitrogens with two attached hydrogens (primary N) is 1. The van der Waals surface area contributed by atoms with Crippen LogP contribution in [-0.2, 0) is 14.8 Å². The van der Waals surface area contributed by atoms with E-state index in [-0.39, 0.29) is 13.0 Å². The smallest absolute Gasteiger partial charge is 0.307 e. The molecular weight excluding hydrogens is 324 g/mol. The van der Waals surface area contributed by atoms with Crippen LogP contribution in [0.1, 0.15) is 6.42 Å². The highest BCUT2D eigenvalue weighted by atomic mass is 32.2. The predicted octanol–water partition coefficient (Wildman–Crippen LogP) is 0.514. The molecule has 0 aliphatic carbocycles. The molecule has 1 amide bonds. The highest BCUT2D eigenvalue weighted by molar-refractivity contribution is 7.89. The average molecular weight is 335 g/mol. The minimum absolute atomic E-state index is 0.172. The van der Waals surface area contributed by atoms with Crippen molar-refractivity contribution in [2.45, 2.75) is 6.42 Å². The summed E-state index contributed by atoms with van der Waals surface area (Å²) in [4.78, 5) is 22.3. The van der Waals surface area contributed by atoms with Crippen LogP contribution in [0.5, 0.6) is 0 Å². The molecule has 1 aliphatic rings. The molecular formula is C11H11F2N3O5S. The molecule has 1 heterocycles. The van der Waals surface area contributed by atoms with E-state index in [4.69, 9.17) is 5.14 Å². The van der Waals surface area contributed by atoms with E-state index >= 15 is 0 Å². The standard InChI is InChI=1S/C11H11F2N3O5S/c12-7-2-8(13)10(16(18)19)3-9(7)15-4-6(1-11(15)17)5-22(14,20)21/h2-3,6H,1,4-5H2,(H2,14,20,21). The van der Waals surface area contributed by atoms with E-state index in [2.05, 4.69) is 0 Å². The third-order valence-electron chi connectivity index (χ3n) is 3.18. The number of hydrogen-bond acceptors (Lipinski definition) is 5. The quantitative estimate of drug-likeness (QED) is 0.634. The van der Waals surface area contributed by atoms with Gasteiger partial charge in [0.15, 0.2) is 0 Å². The van der Waals surface area contributed by atoms with Gasteiger partial charge in [-0.1, -0.05) is 0 Å². The topological polar surface area (TPSA) is 124 Å². The highest BCUT2D eigenvalue weighted by Gasteiger charge is 2.35. The number of anilines is 1. The fraction of sp³-hybridized carbons (Fsp3) is 0.364. The minimum atomic E-state index is -3.82. The number of amides is 1. The number of carbonyl (C=O) groups is 1. The van der Waals surface area contributed by atoms with Gasteiger partial charge in [0.05, 0.1) is 16.4 Å². The van der Waals surface area contributed by atoms with E-state index in [0.717, 1.165) is 4.90 Å². The normalized spacial score (nSPS) is 18.8. The summed E-state index contributed by atoms with van der Waals surface area (Å²) in [7, 11) is -3.82. The van der Waals surface area contributed by atoms with E-state index < -0.39 is 55.5 Å². The highest BCUT2D eigenvalue weighted by Crippen LogP contribution is 2.32. The van der Waals surface area contributed by atoms with Crippen molar-refractivity contribution in [3.05, 3.63) is 33.9 Å². The summed E-state index contributed by atoms with van der Waals surface area (Å²) in [6, 6.07) is 0.926. The van der Waals surface area contributed by atoms with E-state index in [1.807, 2.05) is 0 Å². The molecule has 1 aliphatic heterocycles. The third kappa shape index (κ3) is 3.36. The van der Waals surface area contributed by atoms with Crippen molar-refractivity contribution in [2.24, 2.45) is 11.1 Å². The fourth-order valence-electron chi connectivity index (χ4n) is 2.33. The summed E-state index contributed by atoms with van der Waals surface area (Å²) in [5, 5.41) is 15.6. The molecule has 1 aromatic rings. The molecule has 2 rings (SSSR count). The van der Waals surface area contributed by atoms with E-state index in [1.165, 1.54) is 0 Å². The Bertz CT molecular complexity index is 752. The largest absolute Gasteiger partial charge is 0.309 e. The van der Waals surface area contributed by atoms with Crippen LogP contribution in [0.15, 0.2) is 12.1 Å². The second-order valence-electron chi connectivity index (χ2n) is 4.92. The second-order valence-corrected chi connectivity index (χ2v) is 6.58. The molecule has 1 unspecified atom stereocenters. The molecule has 0 saturated carbocycles. The van der Waals surface area contributed by atoms with Gasteiger partial charge in [0.2, 0.25) is 21.7 Å². The summed E-state index contributed by atoms with van der Waals surface area (Å²) in [5.41, 5.74) is -1.44. The number of sulfonamides is 1. The zero-order valence-corrected chi connectivity index (χ0v) is 11.8. The zero-order valence-electron chi connectivity index (χ0n) is 11.0. The molecule has 0 spiro atoms. The molecule has 120 valence electrons. The third-order valence-corrected chi connectivity index (χ3v) is 4.11. The Balaban J connectivity index is 2.34. The molecule has 11 heteroatoms. The van der Waals surface area contributed by atoms with Crippen LogP contribution in [0.3, 0.4) is 0 Å². The van der Waals surface area contributed by atoms with E-state index in [9.17, 15) is 32.1 Å². The number of nitro groups is 1. The maximum absolute atomic E-state index is 13.8. The van der Waals surface area contributed by atoms with Crippen molar-refractivity contribution < 1.29 is 26.9 Å². The molecule has 8 nitrogen and oxygen atoms in total. The molecule has 1 atom stereocenters. The summed E-state index contributed by atoms with van der Waals surface area (Å²) < 4.78 is 49.1. The summed E-state index contributed by atoms with van der Waals surface area (Å²) in [6.45, 7) is -0.172. The van der Waals surface area contributed by atoms with Gasteiger partial charge in [-0.05, 0) is 0 Å². The molecule has 1 fully saturated rings. The van der Waals surface area contributed by atoms with Crippen LogP contribution in [0.25, 0.3) is 0 Å². The average Bonchev–Trinajstić information content (AvgIpc) is 2.67. The van der Waals surface area contributed by atoms with Gasteiger partial charge in [-0.15, -0.1) is 0 Å². The van der Waals surface area contributed by atoms with Gasteiger partial charge in [-0.2, -0.15) is 4.39 Å². The van der Waals surface area contributed by atoms with Crippen LogP contribution < -0.4 is 10.0 Å². The Hall–Kier alpha value is -2.14. The van der Waals surface area contributed by atoms with Crippen molar-refractivity contribution >= 4 is 27.3 Å². The first kappa shape index (κ1) is 16.2. The van der Waals surface area contributed by atoms with Crippen molar-refractivity contribution in [3.63, 3.8) is 0 Å². The molecule has 1 saturated heterocycles. The number of benzene rings is 1. The van der Waals surface area contributed by atoms with Gasteiger partial charge in [-0.3, -0.25) is 14.9 Å². The molecule has 22 heavy (non-hydrogen) atoms. The van der Waals surface area contributed by atoms with Crippen LogP contribution >= 0.6 is 0 Å². The molecule has 2 N–H and O–H groups in total. The number of rotatable bonds is 4. The first-order chi connectivity index (χ1) is 10.1. The number of primary sulfonamides is 1. The Kier molecular flexibility index (Phi) is 4.11. The number of carbonyl (C=O) groups excluding carboxylic acids is 1. The predicted molar refractivity (Wildman–Crippen MR) is 71.4 cm³/mol. The lowest BCUT2D eigenvalue weighted by molar-refractivity contribution is -0.387. The Morgan fingerprint density at radius 2 is 2.00 bits per heavy atom. The van der Waals surface area contributed by atoms with E-state index in [0.29, 0.717) is 12.1 Å². The van der Waals surface area contributed by atoms with Gasteiger partial charge < -0.3 is 4.90 Å². The first-order valence-corrected chi connectivity index (χ1v) is 7.74. The summed E-state index contributed by atoms with van der Waals surface area (Å²) in [5.74, 6) is -4.26. The molecule has 1 aromatic carbocycles. The Morgan fingerprint density at radius 1 is 1.36 bits per heavy atom. The van der Waals surface area contributed by atoms with Gasteiger partial charge in [0, 0.05) is 31.0 Å². The van der Waals surface area contributed by atoms with Gasteiger partial charge in [0.25, 0.3) is 0 Å². The molecule has 0 radical (unpaired) electrons. The van der Waals surface area contributed by atoms with Crippen LogP contribution in [-0.4, -0.2) is 31.5 Å². The van der Waals surface area contributed by atoms with Crippen LogP contribution in [0.4, 0.5) is 20.2 Å². The van der Waals surface area contributed by atoms with Crippen molar-refractivity contribution in [1.29, 1.82) is 0 Å². The lowest BCUT2D eigenvalue weighted by atomic mass is 10.1. The Labute approximate surface area is 123 Å². The monoisotopic (exact) mass is 335 g/mol. The van der Waals surface area contributed by atoms with Gasteiger partial charge >= 0.3 is 5.69 Å². The van der Waals surface area contributed by atoms with Crippen molar-refractivity contribution in [2.75, 3.05) is 17.2 Å². The number of halogens is 2. The number of nitro benzene ring substituents is 1. The maximum Gasteiger partial charge on any atom is 0.307 e. The molecule has 0 bridgehead atoms. The first-order valence-electron chi connectivity index (χ1n) is 6.02. The van der Waals surface area contributed by atoms with Crippen LogP contribution in [0.2, 0.25) is 0 Å². The Morgan fingerprint density at radius 3 is 2.55 bits per heavy atom. The summed E-state index contributed by atoms with van der Waals surface area (Å²) >= 11 is 0. The number of hydrogen-bond donors (Lipinski definition) is 1. The summed E-state index contributed by atoms with van der Waals surface area (Å²) in [6.07, 6.45) is -0.193. The second kappa shape index (κ2) is 5.57. The maximum atomic E-state index is 13.8. The fourth-order valence-corrected chi connectivity index (χ4v) is 3.21. The SMILES string of the molecule is NS(=O)(=O)CC1CC(=O)N(c2cc([N+](=O)[O-])c(F)cc2F)C1. The van der Waals surface area contributed by atoms with Crippen molar-refractivity contribution in [1.82, 2.24) is 0 Å². The lowest BCUT2D eigenvalue weighted by Crippen LogP contribution is -2.28. The number of nitrogens with zero attached hydrogens (tertiary/aromatic N) is 2. The lowest BCUT2D eigenvalue weighted by Gasteiger charge is -2.17.